The Bertz CT molecular complexity index is 590. The Morgan fingerprint density at radius 2 is 2.14 bits per heavy atom. The van der Waals surface area contributed by atoms with Crippen LogP contribution >= 0.6 is 0 Å². The van der Waals surface area contributed by atoms with Gasteiger partial charge in [0.25, 0.3) is 10.1 Å². The molecule has 0 aliphatic rings. The van der Waals surface area contributed by atoms with E-state index in [2.05, 4.69) is 26.3 Å². The van der Waals surface area contributed by atoms with Crippen LogP contribution < -0.4 is 4.69 Å². The number of hydrogen-bond acceptors (Lipinski definition) is 3. The van der Waals surface area contributed by atoms with E-state index in [0.29, 0.717) is 15.7 Å². The third-order valence-electron chi connectivity index (χ3n) is 1.77. The maximum absolute atomic E-state index is 10.8. The molecule has 0 saturated heterocycles. The van der Waals surface area contributed by atoms with Gasteiger partial charge in [-0.05, 0) is 22.9 Å². The van der Waals surface area contributed by atoms with Gasteiger partial charge >= 0.3 is 0 Å². The molecular formula is C7H5AlN2O3S. The lowest BCUT2D eigenvalue weighted by Crippen LogP contribution is -2.04. The lowest BCUT2D eigenvalue weighted by Gasteiger charge is -1.95. The molecule has 2 rings (SSSR count). The molecular weight excluding hydrogens is 219 g/mol. The number of fused-ring (bicyclic) bond motifs is 1. The van der Waals surface area contributed by atoms with Crippen molar-refractivity contribution >= 4 is 42.1 Å². The Morgan fingerprint density at radius 1 is 1.43 bits per heavy atom. The van der Waals surface area contributed by atoms with Gasteiger partial charge < -0.3 is 4.98 Å². The third kappa shape index (κ3) is 1.67. The fraction of sp³-hybridized carbons (Fsp3) is 0. The second-order valence-electron chi connectivity index (χ2n) is 2.78. The zero-order chi connectivity index (χ0) is 10.3. The summed E-state index contributed by atoms with van der Waals surface area (Å²) in [7, 11) is -4.14. The molecule has 1 aromatic heterocycles. The Labute approximate surface area is 88.3 Å². The number of benzene rings is 1. The number of nitrogens with one attached hydrogen (secondary N) is 1. The van der Waals surface area contributed by atoms with Crippen molar-refractivity contribution in [1.29, 1.82) is 0 Å². The van der Waals surface area contributed by atoms with Gasteiger partial charge in [-0.25, -0.2) is 0 Å². The van der Waals surface area contributed by atoms with Crippen LogP contribution in [-0.2, 0) is 10.1 Å². The normalized spacial score (nSPS) is 12.1. The van der Waals surface area contributed by atoms with E-state index in [0.717, 1.165) is 0 Å². The van der Waals surface area contributed by atoms with Crippen molar-refractivity contribution in [3.05, 3.63) is 18.2 Å². The molecule has 0 fully saturated rings. The molecule has 2 radical (unpaired) electrons. The number of nitrogens with zero attached hydrogens (tertiary/aromatic N) is 1. The molecule has 1 aromatic carbocycles. The smallest absolute Gasteiger partial charge is 0.294 e. The summed E-state index contributed by atoms with van der Waals surface area (Å²) in [4.78, 5) is 6.77. The first-order valence-corrected chi connectivity index (χ1v) is 5.71. The van der Waals surface area contributed by atoms with Crippen LogP contribution in [0.2, 0.25) is 0 Å². The molecule has 0 aliphatic heterocycles. The molecule has 0 atom stereocenters. The predicted molar refractivity (Wildman–Crippen MR) is 51.3 cm³/mol. The van der Waals surface area contributed by atoms with Crippen molar-refractivity contribution in [3.63, 3.8) is 0 Å². The van der Waals surface area contributed by atoms with E-state index in [1.165, 1.54) is 18.2 Å². The highest BCUT2D eigenvalue weighted by Crippen LogP contribution is 2.14. The first kappa shape index (κ1) is 9.68. The van der Waals surface area contributed by atoms with E-state index >= 15 is 0 Å². The highest BCUT2D eigenvalue weighted by molar-refractivity contribution is 7.85. The fourth-order valence-corrected chi connectivity index (χ4v) is 1.97. The van der Waals surface area contributed by atoms with Crippen molar-refractivity contribution in [2.45, 2.75) is 4.90 Å². The minimum atomic E-state index is -4.14. The zero-order valence-corrected chi connectivity index (χ0v) is 8.90. The maximum atomic E-state index is 10.8. The molecule has 0 amide bonds. The summed E-state index contributed by atoms with van der Waals surface area (Å²) in [6, 6.07) is 4.18. The number of H-pyrrole nitrogens is 1. The first-order valence-electron chi connectivity index (χ1n) is 3.69. The molecule has 2 N–H and O–H groups in total. The summed E-state index contributed by atoms with van der Waals surface area (Å²) in [6.45, 7) is 0. The number of aromatic amines is 1. The van der Waals surface area contributed by atoms with Crippen LogP contribution in [0.3, 0.4) is 0 Å². The molecule has 14 heavy (non-hydrogen) atoms. The van der Waals surface area contributed by atoms with Crippen molar-refractivity contribution in [2.75, 3.05) is 0 Å². The Balaban J connectivity index is 2.74. The highest BCUT2D eigenvalue weighted by Gasteiger charge is 2.10. The van der Waals surface area contributed by atoms with Gasteiger partial charge in [0.2, 0.25) is 16.3 Å². The summed E-state index contributed by atoms with van der Waals surface area (Å²) in [5, 5.41) is 0. The van der Waals surface area contributed by atoms with Gasteiger partial charge in [0.15, 0.2) is 0 Å². The van der Waals surface area contributed by atoms with Crippen LogP contribution in [-0.4, -0.2) is 39.2 Å². The summed E-state index contributed by atoms with van der Waals surface area (Å²) in [6.07, 6.45) is 0. The van der Waals surface area contributed by atoms with Gasteiger partial charge in [0.1, 0.15) is 0 Å². The van der Waals surface area contributed by atoms with Crippen molar-refractivity contribution < 1.29 is 13.0 Å². The molecule has 0 saturated carbocycles. The van der Waals surface area contributed by atoms with Gasteiger partial charge in [-0.2, -0.15) is 8.42 Å². The van der Waals surface area contributed by atoms with Gasteiger partial charge in [0, 0.05) is 0 Å². The highest BCUT2D eigenvalue weighted by atomic mass is 32.2. The minimum Gasteiger partial charge on any atom is -0.359 e. The van der Waals surface area contributed by atoms with Gasteiger partial charge in [-0.1, -0.05) is 0 Å². The van der Waals surface area contributed by atoms with Crippen LogP contribution in [0.4, 0.5) is 0 Å². The molecule has 0 aliphatic carbocycles. The van der Waals surface area contributed by atoms with E-state index in [-0.39, 0.29) is 4.90 Å². The number of aromatic nitrogens is 2. The number of rotatable bonds is 1. The van der Waals surface area contributed by atoms with E-state index in [4.69, 9.17) is 4.55 Å². The predicted octanol–water partition coefficient (Wildman–Crippen LogP) is -0.397. The van der Waals surface area contributed by atoms with Crippen molar-refractivity contribution in [3.8, 4) is 0 Å². The third-order valence-corrected chi connectivity index (χ3v) is 2.89. The molecule has 0 spiro atoms. The largest absolute Gasteiger partial charge is 0.359 e. The molecule has 2 aromatic rings. The standard InChI is InChI=1S/C7H5N2O3S.Al/c10-13(11,12)5-1-2-6-7(3-5)9-4-8-6;/h1-3H,(H,8,9)(H,10,11,12);. The van der Waals surface area contributed by atoms with E-state index in [1.807, 2.05) is 0 Å². The van der Waals surface area contributed by atoms with Crippen LogP contribution in [0, 0.1) is 0 Å². The van der Waals surface area contributed by atoms with E-state index in [1.54, 1.807) is 0 Å². The van der Waals surface area contributed by atoms with Crippen LogP contribution in [0.1, 0.15) is 0 Å². The van der Waals surface area contributed by atoms with Crippen molar-refractivity contribution in [2.24, 2.45) is 0 Å². The van der Waals surface area contributed by atoms with Crippen molar-refractivity contribution in [1.82, 2.24) is 9.97 Å². The fourth-order valence-electron chi connectivity index (χ4n) is 1.17. The van der Waals surface area contributed by atoms with Crippen LogP contribution in [0.25, 0.3) is 11.0 Å². The second-order valence-corrected chi connectivity index (χ2v) is 4.74. The lowest BCUT2D eigenvalue weighted by atomic mass is 10.3. The monoisotopic (exact) mass is 224 g/mol. The summed E-state index contributed by atoms with van der Waals surface area (Å²) in [5.74, 6) is 0. The average molecular weight is 224 g/mol. The van der Waals surface area contributed by atoms with Crippen LogP contribution in [0.5, 0.6) is 0 Å². The van der Waals surface area contributed by atoms with E-state index < -0.39 is 10.1 Å². The summed E-state index contributed by atoms with van der Waals surface area (Å²) >= 11 is 2.37. The topological polar surface area (TPSA) is 83.1 Å². The summed E-state index contributed by atoms with van der Waals surface area (Å²) in [5.41, 5.74) is 1.23. The number of hydrogen-bond donors (Lipinski definition) is 2. The Hall–Kier alpha value is -0.868. The quantitative estimate of drug-likeness (QED) is 0.510. The molecule has 7 heteroatoms. The van der Waals surface area contributed by atoms with Gasteiger partial charge in [-0.3, -0.25) is 9.54 Å². The SMILES string of the molecule is O=S(=O)(O)c1ccc2n[c]([Al])[nH]c2c1. The minimum absolute atomic E-state index is 0.140. The Kier molecular flexibility index (Phi) is 2.12. The summed E-state index contributed by atoms with van der Waals surface area (Å²) < 4.78 is 31.0. The second kappa shape index (κ2) is 3.07. The molecule has 70 valence electrons. The average Bonchev–Trinajstić information content (AvgIpc) is 2.41. The molecule has 0 unspecified atom stereocenters. The Morgan fingerprint density at radius 3 is 2.79 bits per heavy atom. The number of imidazole rings is 1. The van der Waals surface area contributed by atoms with Gasteiger partial charge in [0.05, 0.1) is 15.9 Å². The van der Waals surface area contributed by atoms with Gasteiger partial charge in [-0.15, -0.1) is 0 Å². The molecule has 1 heterocycles. The lowest BCUT2D eigenvalue weighted by molar-refractivity contribution is 0.483. The molecule has 0 bridgehead atoms. The molecule has 5 nitrogen and oxygen atoms in total. The zero-order valence-electron chi connectivity index (χ0n) is 6.93. The van der Waals surface area contributed by atoms with E-state index in [9.17, 15) is 8.42 Å². The maximum Gasteiger partial charge on any atom is 0.294 e. The van der Waals surface area contributed by atoms with Crippen LogP contribution in [0.15, 0.2) is 23.1 Å². The first-order chi connectivity index (χ1) is 6.47.